The Morgan fingerprint density at radius 2 is 1.07 bits per heavy atom. The fraction of sp³-hybridized carbons (Fsp3) is 0. The fourth-order valence-electron chi connectivity index (χ4n) is 6.95. The van der Waals surface area contributed by atoms with Crippen LogP contribution in [0.25, 0.3) is 73.4 Å². The van der Waals surface area contributed by atoms with E-state index in [0.29, 0.717) is 0 Å². The van der Waals surface area contributed by atoms with Gasteiger partial charge < -0.3 is 9.32 Å². The third-order valence-electron chi connectivity index (χ3n) is 9.04. The fourth-order valence-corrected chi connectivity index (χ4v) is 9.37. The van der Waals surface area contributed by atoms with Crippen molar-refractivity contribution in [2.24, 2.45) is 0 Å². The molecule has 46 heavy (non-hydrogen) atoms. The van der Waals surface area contributed by atoms with E-state index in [1.54, 1.807) is 0 Å². The zero-order valence-corrected chi connectivity index (χ0v) is 26.2. The van der Waals surface area contributed by atoms with Crippen molar-refractivity contribution in [3.8, 4) is 11.1 Å². The van der Waals surface area contributed by atoms with Crippen LogP contribution >= 0.6 is 22.7 Å². The number of hydrogen-bond donors (Lipinski definition) is 0. The maximum atomic E-state index is 6.64. The van der Waals surface area contributed by atoms with Gasteiger partial charge in [-0.1, -0.05) is 91.0 Å². The van der Waals surface area contributed by atoms with E-state index in [1.165, 1.54) is 56.7 Å². The lowest BCUT2D eigenvalue weighted by Crippen LogP contribution is -2.09. The molecule has 10 rings (SSSR count). The molecule has 0 aliphatic heterocycles. The van der Waals surface area contributed by atoms with Gasteiger partial charge in [0.05, 0.1) is 0 Å². The van der Waals surface area contributed by atoms with Crippen LogP contribution in [0.15, 0.2) is 156 Å². The molecule has 0 aliphatic carbocycles. The Labute approximate surface area is 273 Å². The highest BCUT2D eigenvalue weighted by Crippen LogP contribution is 2.47. The van der Waals surface area contributed by atoms with E-state index in [-0.39, 0.29) is 0 Å². The second kappa shape index (κ2) is 10.0. The number of benzene rings is 7. The average molecular weight is 624 g/mol. The van der Waals surface area contributed by atoms with Gasteiger partial charge in [0, 0.05) is 73.7 Å². The van der Waals surface area contributed by atoms with Crippen LogP contribution < -0.4 is 4.90 Å². The first-order valence-electron chi connectivity index (χ1n) is 15.4. The molecule has 3 heterocycles. The van der Waals surface area contributed by atoms with Gasteiger partial charge in [-0.15, -0.1) is 22.7 Å². The topological polar surface area (TPSA) is 16.4 Å². The predicted molar refractivity (Wildman–Crippen MR) is 200 cm³/mol. The van der Waals surface area contributed by atoms with Crippen molar-refractivity contribution < 1.29 is 4.42 Å². The summed E-state index contributed by atoms with van der Waals surface area (Å²) in [5.41, 5.74) is 7.64. The Morgan fingerprint density at radius 3 is 1.85 bits per heavy atom. The molecule has 0 saturated carbocycles. The van der Waals surface area contributed by atoms with Crippen LogP contribution in [-0.2, 0) is 0 Å². The maximum absolute atomic E-state index is 6.64. The SMILES string of the molecule is c1ccc(N(c2ccccc2)c2ccc3c(c2)sc2cc(-c4cc5c6ccccc6sc5c5c4oc4ccccc45)ccc23)cc1. The average Bonchev–Trinajstić information content (AvgIpc) is 3.79. The van der Waals surface area contributed by atoms with Gasteiger partial charge in [-0.2, -0.15) is 0 Å². The van der Waals surface area contributed by atoms with Crippen molar-refractivity contribution in [1.82, 2.24) is 0 Å². The molecule has 0 atom stereocenters. The number of fused-ring (bicyclic) bond motifs is 10. The first kappa shape index (κ1) is 25.9. The molecule has 0 fully saturated rings. The standard InChI is InChI=1S/C42H25NOS2/c1-3-11-27(12-4-1)43(28-13-5-2-6-14-28)29-20-22-32-31-21-19-26(23-38(31)45-39(32)24-29)34-25-35-30-15-8-10-18-37(30)46-42(35)40-33-16-7-9-17-36(33)44-41(34)40/h1-25H. The second-order valence-electron chi connectivity index (χ2n) is 11.7. The molecule has 7 aromatic carbocycles. The Bertz CT molecular complexity index is 2710. The van der Waals surface area contributed by atoms with Crippen LogP contribution in [0, 0.1) is 0 Å². The molecular formula is C42H25NOS2. The quantitative estimate of drug-likeness (QED) is 0.194. The summed E-state index contributed by atoms with van der Waals surface area (Å²) in [6, 6.07) is 54.5. The van der Waals surface area contributed by atoms with E-state index < -0.39 is 0 Å². The lowest BCUT2D eigenvalue weighted by molar-refractivity contribution is 0.670. The molecule has 10 aromatic rings. The molecule has 0 aliphatic rings. The van der Waals surface area contributed by atoms with Crippen molar-refractivity contribution >= 4 is 102 Å². The van der Waals surface area contributed by atoms with Gasteiger partial charge in [0.1, 0.15) is 11.2 Å². The Morgan fingerprint density at radius 1 is 0.435 bits per heavy atom. The Kier molecular flexibility index (Phi) is 5.65. The van der Waals surface area contributed by atoms with Crippen LogP contribution in [0.2, 0.25) is 0 Å². The number of anilines is 3. The van der Waals surface area contributed by atoms with Crippen LogP contribution in [0.3, 0.4) is 0 Å². The van der Waals surface area contributed by atoms with Crippen molar-refractivity contribution in [2.45, 2.75) is 0 Å². The Balaban J connectivity index is 1.18. The third kappa shape index (κ3) is 3.87. The minimum atomic E-state index is 0.931. The summed E-state index contributed by atoms with van der Waals surface area (Å²) in [5, 5.41) is 7.54. The van der Waals surface area contributed by atoms with Crippen molar-refractivity contribution in [1.29, 1.82) is 0 Å². The summed E-state index contributed by atoms with van der Waals surface area (Å²) in [4.78, 5) is 2.33. The minimum absolute atomic E-state index is 0.931. The molecule has 4 heteroatoms. The van der Waals surface area contributed by atoms with Gasteiger partial charge in [-0.05, 0) is 66.2 Å². The summed E-state index contributed by atoms with van der Waals surface area (Å²) in [7, 11) is 0. The monoisotopic (exact) mass is 623 g/mol. The van der Waals surface area contributed by atoms with E-state index >= 15 is 0 Å². The summed E-state index contributed by atoms with van der Waals surface area (Å²) in [6.45, 7) is 0. The molecule has 0 radical (unpaired) electrons. The van der Waals surface area contributed by atoms with Crippen LogP contribution in [0.4, 0.5) is 17.1 Å². The highest BCUT2D eigenvalue weighted by atomic mass is 32.1. The molecule has 216 valence electrons. The van der Waals surface area contributed by atoms with Crippen LogP contribution in [0.1, 0.15) is 0 Å². The largest absolute Gasteiger partial charge is 0.455 e. The summed E-state index contributed by atoms with van der Waals surface area (Å²) in [6.07, 6.45) is 0. The van der Waals surface area contributed by atoms with Crippen LogP contribution in [-0.4, -0.2) is 0 Å². The van der Waals surface area contributed by atoms with Crippen LogP contribution in [0.5, 0.6) is 0 Å². The lowest BCUT2D eigenvalue weighted by atomic mass is 9.98. The van der Waals surface area contributed by atoms with E-state index in [0.717, 1.165) is 33.8 Å². The second-order valence-corrected chi connectivity index (χ2v) is 13.8. The van der Waals surface area contributed by atoms with Gasteiger partial charge >= 0.3 is 0 Å². The molecule has 0 spiro atoms. The summed E-state index contributed by atoms with van der Waals surface area (Å²) >= 11 is 3.71. The van der Waals surface area contributed by atoms with E-state index in [2.05, 4.69) is 157 Å². The number of rotatable bonds is 4. The smallest absolute Gasteiger partial charge is 0.144 e. The third-order valence-corrected chi connectivity index (χ3v) is 11.4. The number of thiophene rings is 2. The normalized spacial score (nSPS) is 11.9. The van der Waals surface area contributed by atoms with Gasteiger partial charge in [0.25, 0.3) is 0 Å². The zero-order valence-electron chi connectivity index (χ0n) is 24.6. The molecule has 0 bridgehead atoms. The number of hydrogen-bond acceptors (Lipinski definition) is 4. The summed E-state index contributed by atoms with van der Waals surface area (Å²) < 4.78 is 11.8. The number of nitrogens with zero attached hydrogens (tertiary/aromatic N) is 1. The van der Waals surface area contributed by atoms with Gasteiger partial charge in [-0.25, -0.2) is 0 Å². The van der Waals surface area contributed by atoms with Crippen molar-refractivity contribution in [3.63, 3.8) is 0 Å². The van der Waals surface area contributed by atoms with Gasteiger partial charge in [-0.3, -0.25) is 0 Å². The molecule has 0 N–H and O–H groups in total. The highest BCUT2D eigenvalue weighted by molar-refractivity contribution is 7.27. The predicted octanol–water partition coefficient (Wildman–Crippen LogP) is 13.5. The molecule has 0 unspecified atom stereocenters. The van der Waals surface area contributed by atoms with E-state index in [9.17, 15) is 0 Å². The number of furan rings is 1. The van der Waals surface area contributed by atoms with Gasteiger partial charge in [0.15, 0.2) is 0 Å². The molecule has 2 nitrogen and oxygen atoms in total. The lowest BCUT2D eigenvalue weighted by Gasteiger charge is -2.25. The molecular weight excluding hydrogens is 599 g/mol. The minimum Gasteiger partial charge on any atom is -0.455 e. The molecule has 3 aromatic heterocycles. The molecule has 0 amide bonds. The van der Waals surface area contributed by atoms with Crippen molar-refractivity contribution in [2.75, 3.05) is 4.90 Å². The Hall–Kier alpha value is -5.42. The summed E-state index contributed by atoms with van der Waals surface area (Å²) in [5.74, 6) is 0. The van der Waals surface area contributed by atoms with E-state index in [1.807, 2.05) is 22.7 Å². The maximum Gasteiger partial charge on any atom is 0.144 e. The van der Waals surface area contributed by atoms with Gasteiger partial charge in [0.2, 0.25) is 0 Å². The zero-order chi connectivity index (χ0) is 30.2. The highest BCUT2D eigenvalue weighted by Gasteiger charge is 2.20. The number of para-hydroxylation sites is 3. The van der Waals surface area contributed by atoms with E-state index in [4.69, 9.17) is 4.42 Å². The first-order chi connectivity index (χ1) is 22.8. The van der Waals surface area contributed by atoms with Crippen molar-refractivity contribution in [3.05, 3.63) is 152 Å². The molecule has 0 saturated heterocycles. The first-order valence-corrected chi connectivity index (χ1v) is 17.1.